The van der Waals surface area contributed by atoms with Crippen LogP contribution in [0.15, 0.2) is 11.6 Å². The number of rotatable bonds is 9. The van der Waals surface area contributed by atoms with E-state index in [9.17, 15) is 14.4 Å². The quantitative estimate of drug-likeness (QED) is 0.215. The van der Waals surface area contributed by atoms with Crippen LogP contribution in [-0.2, 0) is 23.9 Å². The molecular formula is C38H62N2O5. The monoisotopic (exact) mass is 626 g/mol. The molecule has 45 heavy (non-hydrogen) atoms. The zero-order valence-electron chi connectivity index (χ0n) is 29.6. The largest absolute Gasteiger partial charge is 0.469 e. The highest BCUT2D eigenvalue weighted by molar-refractivity contribution is 5.95. The molecule has 0 aromatic rings. The van der Waals surface area contributed by atoms with Crippen molar-refractivity contribution in [2.24, 2.45) is 56.0 Å². The van der Waals surface area contributed by atoms with Crippen molar-refractivity contribution in [2.45, 2.75) is 132 Å². The van der Waals surface area contributed by atoms with E-state index in [-0.39, 0.29) is 75.2 Å². The average Bonchev–Trinajstić information content (AvgIpc) is 2.98. The highest BCUT2D eigenvalue weighted by Crippen LogP contribution is 2.75. The predicted molar refractivity (Wildman–Crippen MR) is 177 cm³/mol. The number of nitrogens with two attached hydrogens (primary N) is 1. The summed E-state index contributed by atoms with van der Waals surface area (Å²) in [6.45, 7) is 18.0. The van der Waals surface area contributed by atoms with Crippen LogP contribution in [0, 0.1) is 50.2 Å². The lowest BCUT2D eigenvalue weighted by atomic mass is 9.33. The predicted octanol–water partition coefficient (Wildman–Crippen LogP) is 6.77. The van der Waals surface area contributed by atoms with Crippen LogP contribution in [0.2, 0.25) is 0 Å². The zero-order valence-corrected chi connectivity index (χ0v) is 29.6. The molecule has 0 radical (unpaired) electrons. The molecule has 254 valence electrons. The first-order chi connectivity index (χ1) is 21.0. The molecule has 0 aliphatic heterocycles. The van der Waals surface area contributed by atoms with E-state index in [0.29, 0.717) is 6.54 Å². The molecule has 0 heterocycles. The molecule has 7 nitrogen and oxygen atoms in total. The summed E-state index contributed by atoms with van der Waals surface area (Å²) < 4.78 is 11.5. The summed E-state index contributed by atoms with van der Waals surface area (Å²) in [5.74, 6) is 0.423. The van der Waals surface area contributed by atoms with Crippen molar-refractivity contribution < 1.29 is 23.9 Å². The van der Waals surface area contributed by atoms with Crippen LogP contribution < -0.4 is 11.1 Å². The van der Waals surface area contributed by atoms with Crippen LogP contribution in [0.3, 0.4) is 0 Å². The summed E-state index contributed by atoms with van der Waals surface area (Å²) in [6, 6.07) is 0. The molecule has 0 unspecified atom stereocenters. The van der Waals surface area contributed by atoms with Gasteiger partial charge in [0.25, 0.3) is 0 Å². The number of unbranched alkanes of at least 4 members (excludes halogenated alkanes) is 2. The van der Waals surface area contributed by atoms with E-state index in [1.165, 1.54) is 12.7 Å². The second-order valence-corrected chi connectivity index (χ2v) is 17.6. The van der Waals surface area contributed by atoms with Gasteiger partial charge in [-0.2, -0.15) is 0 Å². The summed E-state index contributed by atoms with van der Waals surface area (Å²) in [6.07, 6.45) is 13.5. The molecule has 7 heteroatoms. The van der Waals surface area contributed by atoms with Crippen LogP contribution in [0.25, 0.3) is 0 Å². The third kappa shape index (κ3) is 5.44. The van der Waals surface area contributed by atoms with Gasteiger partial charge in [0.1, 0.15) is 6.10 Å². The number of ketones is 1. The molecule has 0 aromatic heterocycles. The first-order valence-corrected chi connectivity index (χ1v) is 18.0. The minimum absolute atomic E-state index is 0.0662. The SMILES string of the molecule is COC(=O)[C@@]1(C)CC[C@]2(C)CC[C@]3(C)C(=CC(=O)[C@@H]4[C@@]5(C)CC[C@H](OC(=O)CNCCCCCN)C(C)(C)[C@@H]5CC[C@]43C)[C@@H]2C1. The third-order valence-corrected chi connectivity index (χ3v) is 14.8. The van der Waals surface area contributed by atoms with Crippen LogP contribution in [0.4, 0.5) is 0 Å². The Bertz CT molecular complexity index is 1210. The zero-order chi connectivity index (χ0) is 33.1. The Hall–Kier alpha value is -1.73. The van der Waals surface area contributed by atoms with Gasteiger partial charge in [-0.05, 0) is 130 Å². The first kappa shape index (κ1) is 34.6. The number of carbonyl (C=O) groups is 3. The van der Waals surface area contributed by atoms with Gasteiger partial charge in [-0.15, -0.1) is 0 Å². The molecule has 4 saturated carbocycles. The van der Waals surface area contributed by atoms with E-state index in [0.717, 1.165) is 83.6 Å². The fourth-order valence-electron chi connectivity index (χ4n) is 11.8. The second-order valence-electron chi connectivity index (χ2n) is 17.6. The number of nitrogens with one attached hydrogen (secondary N) is 1. The van der Waals surface area contributed by atoms with Gasteiger partial charge in [-0.25, -0.2) is 0 Å². The van der Waals surface area contributed by atoms with Gasteiger partial charge in [-0.1, -0.05) is 53.5 Å². The molecular weight excluding hydrogens is 564 g/mol. The molecule has 5 rings (SSSR count). The van der Waals surface area contributed by atoms with Crippen molar-refractivity contribution in [3.05, 3.63) is 11.6 Å². The van der Waals surface area contributed by atoms with E-state index >= 15 is 0 Å². The lowest BCUT2D eigenvalue weighted by Gasteiger charge is -2.70. The number of allylic oxidation sites excluding steroid dienone is 2. The Morgan fingerprint density at radius 2 is 1.64 bits per heavy atom. The Kier molecular flexibility index (Phi) is 9.27. The molecule has 0 amide bonds. The molecule has 0 saturated heterocycles. The van der Waals surface area contributed by atoms with Gasteiger partial charge in [0, 0.05) is 11.3 Å². The van der Waals surface area contributed by atoms with Gasteiger partial charge in [0.2, 0.25) is 0 Å². The van der Waals surface area contributed by atoms with Gasteiger partial charge in [0.05, 0.1) is 19.1 Å². The fourth-order valence-corrected chi connectivity index (χ4v) is 11.8. The van der Waals surface area contributed by atoms with Crippen LogP contribution in [0.5, 0.6) is 0 Å². The lowest BCUT2D eigenvalue weighted by Crippen LogP contribution is -2.66. The van der Waals surface area contributed by atoms with Crippen LogP contribution >= 0.6 is 0 Å². The standard InChI is InChI=1S/C38H62N2O5/c1-33(2)28-12-15-38(7)31(36(28,5)14-13-29(33)45-30(42)24-40-21-11-9-10-20-39)27(41)22-25-26-23-35(4,32(43)44-8)17-16-34(26,3)18-19-37(25,38)6/h22,26,28-29,31,40H,9-21,23-24,39H2,1-8H3/t26-,28-,29-,31+,34+,35-,36-,37+,38+/m0/s1. The fraction of sp³-hybridized carbons (Fsp3) is 0.868. The average molecular weight is 627 g/mol. The molecule has 0 aromatic carbocycles. The van der Waals surface area contributed by atoms with Gasteiger partial charge >= 0.3 is 11.9 Å². The summed E-state index contributed by atoms with van der Waals surface area (Å²) >= 11 is 0. The van der Waals surface area contributed by atoms with Gasteiger partial charge in [-0.3, -0.25) is 14.4 Å². The topological polar surface area (TPSA) is 108 Å². The number of esters is 2. The maximum absolute atomic E-state index is 14.6. The number of methoxy groups -OCH3 is 1. The van der Waals surface area contributed by atoms with E-state index < -0.39 is 5.41 Å². The highest BCUT2D eigenvalue weighted by atomic mass is 16.5. The van der Waals surface area contributed by atoms with Crippen molar-refractivity contribution in [1.82, 2.24) is 5.32 Å². The van der Waals surface area contributed by atoms with E-state index in [1.807, 2.05) is 0 Å². The van der Waals surface area contributed by atoms with Crippen LogP contribution in [0.1, 0.15) is 126 Å². The highest BCUT2D eigenvalue weighted by Gasteiger charge is 2.70. The molecule has 9 atom stereocenters. The van der Waals surface area contributed by atoms with E-state index in [4.69, 9.17) is 15.2 Å². The molecule has 0 bridgehead atoms. The Morgan fingerprint density at radius 3 is 2.33 bits per heavy atom. The number of carbonyl (C=O) groups excluding carboxylic acids is 3. The summed E-state index contributed by atoms with van der Waals surface area (Å²) in [4.78, 5) is 40.5. The molecule has 3 N–H and O–H groups in total. The number of hydrogen-bond donors (Lipinski definition) is 2. The van der Waals surface area contributed by atoms with E-state index in [2.05, 4.69) is 59.9 Å². The molecule has 5 aliphatic carbocycles. The number of fused-ring (bicyclic) bond motifs is 7. The molecule has 0 spiro atoms. The number of ether oxygens (including phenoxy) is 2. The Morgan fingerprint density at radius 1 is 0.933 bits per heavy atom. The lowest BCUT2D eigenvalue weighted by molar-refractivity contribution is -0.210. The smallest absolute Gasteiger partial charge is 0.320 e. The first-order valence-electron chi connectivity index (χ1n) is 18.0. The van der Waals surface area contributed by atoms with Crippen molar-refractivity contribution >= 4 is 17.7 Å². The maximum atomic E-state index is 14.6. The summed E-state index contributed by atoms with van der Waals surface area (Å²) in [7, 11) is 1.50. The van der Waals surface area contributed by atoms with Crippen molar-refractivity contribution in [3.63, 3.8) is 0 Å². The number of hydrogen-bond acceptors (Lipinski definition) is 7. The summed E-state index contributed by atoms with van der Waals surface area (Å²) in [5.41, 5.74) is 5.84. The summed E-state index contributed by atoms with van der Waals surface area (Å²) in [5, 5.41) is 3.25. The molecule has 4 fully saturated rings. The second kappa shape index (κ2) is 12.1. The van der Waals surface area contributed by atoms with Crippen LogP contribution in [-0.4, -0.2) is 50.6 Å². The van der Waals surface area contributed by atoms with Gasteiger partial charge < -0.3 is 20.5 Å². The normalized spacial score (nSPS) is 43.6. The third-order valence-electron chi connectivity index (χ3n) is 14.8. The maximum Gasteiger partial charge on any atom is 0.320 e. The molecule has 5 aliphatic rings. The van der Waals surface area contributed by atoms with Gasteiger partial charge in [0.15, 0.2) is 5.78 Å². The Labute approximate surface area is 272 Å². The van der Waals surface area contributed by atoms with Crippen molar-refractivity contribution in [1.29, 1.82) is 0 Å². The van der Waals surface area contributed by atoms with Crippen molar-refractivity contribution in [2.75, 3.05) is 26.7 Å². The van der Waals surface area contributed by atoms with E-state index in [1.54, 1.807) is 0 Å². The van der Waals surface area contributed by atoms with Crippen molar-refractivity contribution in [3.8, 4) is 0 Å². The minimum Gasteiger partial charge on any atom is -0.469 e. The Balaban J connectivity index is 1.38. The minimum atomic E-state index is -0.512.